The lowest BCUT2D eigenvalue weighted by Crippen LogP contribution is -2.24. The van der Waals surface area contributed by atoms with Crippen LogP contribution in [0.15, 0.2) is 66.9 Å². The molecule has 7 nitrogen and oxygen atoms in total. The Morgan fingerprint density at radius 3 is 2.37 bits per heavy atom. The number of carbonyl (C=O) groups is 1. The monoisotopic (exact) mass is 474 g/mol. The Balaban J connectivity index is 1.58. The van der Waals surface area contributed by atoms with Crippen LogP contribution >= 0.6 is 0 Å². The van der Waals surface area contributed by atoms with Crippen LogP contribution < -0.4 is 9.47 Å². The van der Waals surface area contributed by atoms with E-state index in [1.54, 1.807) is 31.0 Å². The van der Waals surface area contributed by atoms with E-state index in [1.165, 1.54) is 5.56 Å². The molecule has 0 amide bonds. The number of aromatic nitrogens is 2. The van der Waals surface area contributed by atoms with Crippen molar-refractivity contribution in [2.24, 2.45) is 0 Å². The normalized spacial score (nSPS) is 12.0. The second kappa shape index (κ2) is 11.1. The fourth-order valence-corrected chi connectivity index (χ4v) is 4.26. The molecular formula is C28H30N2O5. The largest absolute Gasteiger partial charge is 0.496 e. The van der Waals surface area contributed by atoms with E-state index in [-0.39, 0.29) is 11.7 Å². The lowest BCUT2D eigenvalue weighted by Gasteiger charge is -2.20. The molecule has 0 saturated heterocycles. The number of nitrogens with zero attached hydrogens (tertiary/aromatic N) is 2. The predicted molar refractivity (Wildman–Crippen MR) is 135 cm³/mol. The Hall–Kier alpha value is -3.84. The van der Waals surface area contributed by atoms with Crippen molar-refractivity contribution in [1.82, 2.24) is 9.78 Å². The average Bonchev–Trinajstić information content (AvgIpc) is 3.27. The summed E-state index contributed by atoms with van der Waals surface area (Å²) < 4.78 is 19.2. The summed E-state index contributed by atoms with van der Waals surface area (Å²) in [6, 6.07) is 19.4. The number of ether oxygens (including phenoxy) is 3. The highest BCUT2D eigenvalue weighted by atomic mass is 16.5. The SMILES string of the molecule is COc1cc(C[C@H](Cn2cc3cccc(C(=O)O)c3n2)OCCc2ccccc2)cc(OC)c1C. The zero-order valence-corrected chi connectivity index (χ0v) is 20.2. The molecule has 0 saturated carbocycles. The molecule has 4 rings (SSSR count). The quantitative estimate of drug-likeness (QED) is 0.332. The van der Waals surface area contributed by atoms with Crippen molar-refractivity contribution < 1.29 is 24.1 Å². The molecule has 1 heterocycles. The molecule has 1 atom stereocenters. The van der Waals surface area contributed by atoms with Gasteiger partial charge in [-0.3, -0.25) is 4.68 Å². The van der Waals surface area contributed by atoms with Crippen molar-refractivity contribution in [3.8, 4) is 11.5 Å². The second-order valence-electron chi connectivity index (χ2n) is 8.46. The summed E-state index contributed by atoms with van der Waals surface area (Å²) in [6.45, 7) is 2.99. The van der Waals surface area contributed by atoms with Gasteiger partial charge in [-0.2, -0.15) is 5.10 Å². The Bertz CT molecular complexity index is 1270. The molecule has 0 spiro atoms. The Morgan fingerprint density at radius 2 is 1.71 bits per heavy atom. The standard InChI is InChI=1S/C28H30N2O5/c1-19-25(33-2)15-21(16-26(19)34-3)14-23(35-13-12-20-8-5-4-6-9-20)18-30-17-22-10-7-11-24(28(31)32)27(22)29-30/h4-11,15-17,23H,12-14,18H2,1-3H3,(H,31,32)/t23-/m1/s1. The highest BCUT2D eigenvalue weighted by Gasteiger charge is 2.18. The van der Waals surface area contributed by atoms with Gasteiger partial charge in [0.05, 0.1) is 39.0 Å². The highest BCUT2D eigenvalue weighted by molar-refractivity contribution is 6.01. The van der Waals surface area contributed by atoms with E-state index in [2.05, 4.69) is 17.2 Å². The van der Waals surface area contributed by atoms with E-state index < -0.39 is 5.97 Å². The summed E-state index contributed by atoms with van der Waals surface area (Å²) in [5, 5.41) is 14.9. The summed E-state index contributed by atoms with van der Waals surface area (Å²) in [5.74, 6) is 0.534. The van der Waals surface area contributed by atoms with Crippen molar-refractivity contribution in [2.45, 2.75) is 32.4 Å². The van der Waals surface area contributed by atoms with Gasteiger partial charge in [0.25, 0.3) is 0 Å². The van der Waals surface area contributed by atoms with Crippen LogP contribution in [-0.2, 0) is 24.1 Å². The molecule has 7 heteroatoms. The van der Waals surface area contributed by atoms with Crippen LogP contribution in [0, 0.1) is 6.92 Å². The number of carboxylic acid groups (broad SMARTS) is 1. The van der Waals surface area contributed by atoms with Crippen LogP contribution in [0.2, 0.25) is 0 Å². The van der Waals surface area contributed by atoms with Crippen LogP contribution in [0.1, 0.15) is 27.0 Å². The molecule has 0 fully saturated rings. The number of hydrogen-bond donors (Lipinski definition) is 1. The molecule has 3 aromatic carbocycles. The number of methoxy groups -OCH3 is 2. The topological polar surface area (TPSA) is 82.8 Å². The van der Waals surface area contributed by atoms with E-state index >= 15 is 0 Å². The maximum atomic E-state index is 11.6. The van der Waals surface area contributed by atoms with Gasteiger partial charge in [-0.1, -0.05) is 42.5 Å². The molecule has 35 heavy (non-hydrogen) atoms. The molecule has 0 aliphatic heterocycles. The summed E-state index contributed by atoms with van der Waals surface area (Å²) in [7, 11) is 3.30. The number of benzene rings is 3. The summed E-state index contributed by atoms with van der Waals surface area (Å²) >= 11 is 0. The number of fused-ring (bicyclic) bond motifs is 1. The first-order valence-corrected chi connectivity index (χ1v) is 11.5. The zero-order valence-electron chi connectivity index (χ0n) is 20.2. The third kappa shape index (κ3) is 5.81. The smallest absolute Gasteiger partial charge is 0.337 e. The van der Waals surface area contributed by atoms with Crippen molar-refractivity contribution in [2.75, 3.05) is 20.8 Å². The first-order valence-electron chi connectivity index (χ1n) is 11.5. The average molecular weight is 475 g/mol. The van der Waals surface area contributed by atoms with Crippen LogP contribution in [0.3, 0.4) is 0 Å². The molecule has 0 radical (unpaired) electrons. The first-order chi connectivity index (χ1) is 17.0. The summed E-state index contributed by atoms with van der Waals surface area (Å²) in [4.78, 5) is 11.6. The lowest BCUT2D eigenvalue weighted by atomic mass is 10.0. The minimum Gasteiger partial charge on any atom is -0.496 e. The highest BCUT2D eigenvalue weighted by Crippen LogP contribution is 2.30. The second-order valence-corrected chi connectivity index (χ2v) is 8.46. The van der Waals surface area contributed by atoms with Crippen LogP contribution in [0.5, 0.6) is 11.5 Å². The van der Waals surface area contributed by atoms with Gasteiger partial charge in [-0.25, -0.2) is 4.79 Å². The van der Waals surface area contributed by atoms with Crippen molar-refractivity contribution in [1.29, 1.82) is 0 Å². The maximum absolute atomic E-state index is 11.6. The van der Waals surface area contributed by atoms with Crippen molar-refractivity contribution in [3.05, 3.63) is 89.1 Å². The van der Waals surface area contributed by atoms with Crippen molar-refractivity contribution in [3.63, 3.8) is 0 Å². The molecule has 1 aromatic heterocycles. The van der Waals surface area contributed by atoms with Gasteiger partial charge in [-0.05, 0) is 42.7 Å². The zero-order chi connectivity index (χ0) is 24.8. The fraction of sp³-hybridized carbons (Fsp3) is 0.286. The van der Waals surface area contributed by atoms with E-state index in [1.807, 2.05) is 49.5 Å². The molecule has 0 aliphatic carbocycles. The Labute approximate surface area is 204 Å². The third-order valence-corrected chi connectivity index (χ3v) is 6.07. The lowest BCUT2D eigenvalue weighted by molar-refractivity contribution is 0.0415. The number of carboxylic acids is 1. The van der Waals surface area contributed by atoms with Gasteiger partial charge < -0.3 is 19.3 Å². The first kappa shape index (κ1) is 24.3. The number of aromatic carboxylic acids is 1. The van der Waals surface area contributed by atoms with Gasteiger partial charge in [0.1, 0.15) is 17.0 Å². The van der Waals surface area contributed by atoms with Crippen LogP contribution in [0.25, 0.3) is 10.9 Å². The number of rotatable bonds is 11. The minimum atomic E-state index is -0.990. The summed E-state index contributed by atoms with van der Waals surface area (Å²) in [6.07, 6.45) is 3.08. The molecule has 0 aliphatic rings. The Kier molecular flexibility index (Phi) is 7.67. The van der Waals surface area contributed by atoms with Gasteiger partial charge in [0, 0.05) is 23.6 Å². The Morgan fingerprint density at radius 1 is 1.00 bits per heavy atom. The van der Waals surface area contributed by atoms with E-state index in [9.17, 15) is 9.90 Å². The maximum Gasteiger partial charge on any atom is 0.337 e. The van der Waals surface area contributed by atoms with Gasteiger partial charge in [0.15, 0.2) is 0 Å². The molecule has 0 bridgehead atoms. The molecule has 0 unspecified atom stereocenters. The van der Waals surface area contributed by atoms with E-state index in [0.717, 1.165) is 34.4 Å². The predicted octanol–water partition coefficient (Wildman–Crippen LogP) is 4.93. The molecule has 182 valence electrons. The molecule has 4 aromatic rings. The van der Waals surface area contributed by atoms with Crippen LogP contribution in [-0.4, -0.2) is 47.8 Å². The molecule has 1 N–H and O–H groups in total. The van der Waals surface area contributed by atoms with Crippen LogP contribution in [0.4, 0.5) is 0 Å². The van der Waals surface area contributed by atoms with E-state index in [4.69, 9.17) is 14.2 Å². The van der Waals surface area contributed by atoms with E-state index in [0.29, 0.717) is 25.1 Å². The fourth-order valence-electron chi connectivity index (χ4n) is 4.26. The molecular weight excluding hydrogens is 444 g/mol. The van der Waals surface area contributed by atoms with Gasteiger partial charge in [-0.15, -0.1) is 0 Å². The number of hydrogen-bond acceptors (Lipinski definition) is 5. The van der Waals surface area contributed by atoms with Crippen molar-refractivity contribution >= 4 is 16.9 Å². The summed E-state index contributed by atoms with van der Waals surface area (Å²) in [5.41, 5.74) is 3.84. The third-order valence-electron chi connectivity index (χ3n) is 6.07. The minimum absolute atomic E-state index is 0.191. The van der Waals surface area contributed by atoms with Gasteiger partial charge in [0.2, 0.25) is 0 Å². The van der Waals surface area contributed by atoms with Gasteiger partial charge >= 0.3 is 5.97 Å².